The van der Waals surface area contributed by atoms with Crippen LogP contribution in [-0.2, 0) is 9.53 Å². The number of esters is 1. The summed E-state index contributed by atoms with van der Waals surface area (Å²) in [5, 5.41) is 0. The van der Waals surface area contributed by atoms with E-state index in [1.54, 1.807) is 0 Å². The van der Waals surface area contributed by atoms with Crippen molar-refractivity contribution in [3.8, 4) is 0 Å². The molecule has 4 heteroatoms. The molecule has 0 radical (unpaired) electrons. The lowest BCUT2D eigenvalue weighted by atomic mass is 10.0. The van der Waals surface area contributed by atoms with Gasteiger partial charge in [-0.05, 0) is 19.8 Å². The highest BCUT2D eigenvalue weighted by Crippen LogP contribution is 2.07. The molecule has 0 aliphatic heterocycles. The molecule has 0 saturated carbocycles. The van der Waals surface area contributed by atoms with E-state index in [0.29, 0.717) is 0 Å². The average Bonchev–Trinajstić information content (AvgIpc) is 2.00. The smallest absolute Gasteiger partial charge is 0.323 e. The van der Waals surface area contributed by atoms with Crippen LogP contribution in [0.4, 0.5) is 0 Å². The molecule has 0 rings (SSSR count). The number of hydrogen-bond acceptors (Lipinski definition) is 3. The Hall–Kier alpha value is -0.280. The molecule has 0 aliphatic carbocycles. The standard InChI is InChI=1S/C9H19NO2.ClH/c1-5-7(4)8(10)9(11)12-6(2)3;/h6-8H,5,10H2,1-4H3;1H/t7-,8-;/m0./s1. The maximum atomic E-state index is 11.2. The largest absolute Gasteiger partial charge is 0.462 e. The molecule has 0 fully saturated rings. The fraction of sp³-hybridized carbons (Fsp3) is 0.889. The molecule has 3 nitrogen and oxygen atoms in total. The summed E-state index contributed by atoms with van der Waals surface area (Å²) in [6.45, 7) is 7.60. The van der Waals surface area contributed by atoms with Crippen LogP contribution in [0.1, 0.15) is 34.1 Å². The zero-order chi connectivity index (χ0) is 9.72. The molecule has 0 unspecified atom stereocenters. The van der Waals surface area contributed by atoms with Crippen LogP contribution in [0.2, 0.25) is 0 Å². The molecule has 0 aliphatic rings. The van der Waals surface area contributed by atoms with Gasteiger partial charge in [0.2, 0.25) is 0 Å². The Morgan fingerprint density at radius 3 is 2.15 bits per heavy atom. The lowest BCUT2D eigenvalue weighted by Crippen LogP contribution is -2.39. The Kier molecular flexibility index (Phi) is 8.37. The van der Waals surface area contributed by atoms with Crippen LogP contribution in [0.25, 0.3) is 0 Å². The third kappa shape index (κ3) is 5.88. The maximum absolute atomic E-state index is 11.2. The van der Waals surface area contributed by atoms with Gasteiger partial charge in [-0.3, -0.25) is 4.79 Å². The van der Waals surface area contributed by atoms with Crippen LogP contribution in [0.5, 0.6) is 0 Å². The van der Waals surface area contributed by atoms with Gasteiger partial charge in [0.25, 0.3) is 0 Å². The van der Waals surface area contributed by atoms with Crippen molar-refractivity contribution in [1.29, 1.82) is 0 Å². The molecule has 0 aromatic heterocycles. The summed E-state index contributed by atoms with van der Waals surface area (Å²) in [5.41, 5.74) is 5.64. The highest BCUT2D eigenvalue weighted by Gasteiger charge is 2.21. The van der Waals surface area contributed by atoms with Crippen LogP contribution >= 0.6 is 12.4 Å². The zero-order valence-electron chi connectivity index (χ0n) is 8.74. The predicted molar refractivity (Wildman–Crippen MR) is 55.9 cm³/mol. The summed E-state index contributed by atoms with van der Waals surface area (Å²) in [6, 6.07) is -0.475. The minimum Gasteiger partial charge on any atom is -0.462 e. The quantitative estimate of drug-likeness (QED) is 0.718. The minimum absolute atomic E-state index is 0. The third-order valence-corrected chi connectivity index (χ3v) is 1.88. The monoisotopic (exact) mass is 209 g/mol. The van der Waals surface area contributed by atoms with E-state index in [1.165, 1.54) is 0 Å². The molecule has 80 valence electrons. The number of ether oxygens (including phenoxy) is 1. The molecule has 2 N–H and O–H groups in total. The van der Waals surface area contributed by atoms with Gasteiger partial charge in [0.1, 0.15) is 6.04 Å². The molecule has 0 spiro atoms. The second-order valence-electron chi connectivity index (χ2n) is 3.40. The van der Waals surface area contributed by atoms with Gasteiger partial charge in [0.05, 0.1) is 6.10 Å². The molecule has 0 saturated heterocycles. The Morgan fingerprint density at radius 2 is 1.85 bits per heavy atom. The van der Waals surface area contributed by atoms with Crippen molar-refractivity contribution in [2.75, 3.05) is 0 Å². The first-order valence-corrected chi connectivity index (χ1v) is 4.45. The maximum Gasteiger partial charge on any atom is 0.323 e. The number of halogens is 1. The molecular weight excluding hydrogens is 190 g/mol. The lowest BCUT2D eigenvalue weighted by Gasteiger charge is -2.18. The number of rotatable bonds is 4. The van der Waals surface area contributed by atoms with Crippen LogP contribution in [0.15, 0.2) is 0 Å². The molecule has 0 aromatic carbocycles. The second kappa shape index (κ2) is 7.15. The van der Waals surface area contributed by atoms with Gasteiger partial charge in [-0.25, -0.2) is 0 Å². The van der Waals surface area contributed by atoms with E-state index in [2.05, 4.69) is 0 Å². The van der Waals surface area contributed by atoms with Crippen LogP contribution < -0.4 is 5.73 Å². The summed E-state index contributed by atoms with van der Waals surface area (Å²) in [4.78, 5) is 11.2. The van der Waals surface area contributed by atoms with Gasteiger partial charge in [0.15, 0.2) is 0 Å². The first-order chi connectivity index (χ1) is 5.49. The highest BCUT2D eigenvalue weighted by molar-refractivity contribution is 5.85. The van der Waals surface area contributed by atoms with E-state index in [-0.39, 0.29) is 30.4 Å². The number of nitrogens with two attached hydrogens (primary N) is 1. The van der Waals surface area contributed by atoms with Crippen molar-refractivity contribution in [3.63, 3.8) is 0 Å². The van der Waals surface area contributed by atoms with E-state index in [1.807, 2.05) is 27.7 Å². The van der Waals surface area contributed by atoms with E-state index in [9.17, 15) is 4.79 Å². The van der Waals surface area contributed by atoms with Crippen molar-refractivity contribution in [1.82, 2.24) is 0 Å². The Bertz CT molecular complexity index is 151. The number of carbonyl (C=O) groups is 1. The van der Waals surface area contributed by atoms with E-state index in [0.717, 1.165) is 6.42 Å². The topological polar surface area (TPSA) is 52.3 Å². The highest BCUT2D eigenvalue weighted by atomic mass is 35.5. The van der Waals surface area contributed by atoms with E-state index >= 15 is 0 Å². The predicted octanol–water partition coefficient (Wildman–Crippen LogP) is 1.73. The third-order valence-electron chi connectivity index (χ3n) is 1.88. The number of carbonyl (C=O) groups excluding carboxylic acids is 1. The lowest BCUT2D eigenvalue weighted by molar-refractivity contribution is -0.150. The molecule has 0 amide bonds. The van der Waals surface area contributed by atoms with Gasteiger partial charge < -0.3 is 10.5 Å². The normalized spacial score (nSPS) is 14.6. The SMILES string of the molecule is CC[C@H](C)[C@H](N)C(=O)OC(C)C.Cl. The van der Waals surface area contributed by atoms with Crippen molar-refractivity contribution in [2.45, 2.75) is 46.3 Å². The fourth-order valence-electron chi connectivity index (χ4n) is 0.797. The minimum atomic E-state index is -0.475. The summed E-state index contributed by atoms with van der Waals surface area (Å²) in [7, 11) is 0. The molecule has 0 bridgehead atoms. The van der Waals surface area contributed by atoms with Crippen molar-refractivity contribution in [3.05, 3.63) is 0 Å². The summed E-state index contributed by atoms with van der Waals surface area (Å²) >= 11 is 0. The van der Waals surface area contributed by atoms with Gasteiger partial charge in [0, 0.05) is 0 Å². The molecule has 0 heterocycles. The Balaban J connectivity index is 0. The molecule has 2 atom stereocenters. The first-order valence-electron chi connectivity index (χ1n) is 4.45. The summed E-state index contributed by atoms with van der Waals surface area (Å²) in [6.07, 6.45) is 0.821. The zero-order valence-corrected chi connectivity index (χ0v) is 9.56. The van der Waals surface area contributed by atoms with Crippen LogP contribution in [0.3, 0.4) is 0 Å². The van der Waals surface area contributed by atoms with Crippen molar-refractivity contribution < 1.29 is 9.53 Å². The average molecular weight is 210 g/mol. The molecular formula is C9H20ClNO2. The van der Waals surface area contributed by atoms with E-state index < -0.39 is 6.04 Å². The van der Waals surface area contributed by atoms with Gasteiger partial charge in [-0.2, -0.15) is 0 Å². The van der Waals surface area contributed by atoms with Gasteiger partial charge >= 0.3 is 5.97 Å². The molecule has 0 aromatic rings. The van der Waals surface area contributed by atoms with Crippen LogP contribution in [0, 0.1) is 5.92 Å². The molecule has 13 heavy (non-hydrogen) atoms. The van der Waals surface area contributed by atoms with Gasteiger partial charge in [-0.1, -0.05) is 20.3 Å². The Morgan fingerprint density at radius 1 is 1.38 bits per heavy atom. The second-order valence-corrected chi connectivity index (χ2v) is 3.40. The fourth-order valence-corrected chi connectivity index (χ4v) is 0.797. The van der Waals surface area contributed by atoms with E-state index in [4.69, 9.17) is 10.5 Å². The van der Waals surface area contributed by atoms with Crippen molar-refractivity contribution >= 4 is 18.4 Å². The van der Waals surface area contributed by atoms with Crippen LogP contribution in [-0.4, -0.2) is 18.1 Å². The number of hydrogen-bond donors (Lipinski definition) is 1. The van der Waals surface area contributed by atoms with Crippen molar-refractivity contribution in [2.24, 2.45) is 11.7 Å². The summed E-state index contributed by atoms with van der Waals surface area (Å²) < 4.78 is 4.97. The van der Waals surface area contributed by atoms with Gasteiger partial charge in [-0.15, -0.1) is 12.4 Å². The first kappa shape index (κ1) is 15.2. The Labute approximate surface area is 86.4 Å². The summed E-state index contributed by atoms with van der Waals surface area (Å²) in [5.74, 6) is -0.101.